The Bertz CT molecular complexity index is 452. The number of rotatable bonds is 4. The molecule has 0 unspecified atom stereocenters. The van der Waals surface area contributed by atoms with Crippen molar-refractivity contribution in [3.8, 4) is 5.75 Å². The molecule has 0 aliphatic carbocycles. The first-order chi connectivity index (χ1) is 8.97. The normalized spacial score (nSPS) is 17.7. The molecule has 2 rings (SSSR count). The van der Waals surface area contributed by atoms with Crippen LogP contribution in [0.3, 0.4) is 0 Å². The molecule has 0 bridgehead atoms. The van der Waals surface area contributed by atoms with Crippen molar-refractivity contribution >= 4 is 5.91 Å². The molecule has 1 atom stereocenters. The lowest BCUT2D eigenvalue weighted by Crippen LogP contribution is -2.42. The van der Waals surface area contributed by atoms with Crippen LogP contribution in [0.4, 0.5) is 0 Å². The van der Waals surface area contributed by atoms with Crippen molar-refractivity contribution in [3.63, 3.8) is 0 Å². The minimum absolute atomic E-state index is 0.0423. The topological polar surface area (TPSA) is 50.4 Å². The van der Waals surface area contributed by atoms with E-state index in [4.69, 9.17) is 4.74 Å². The summed E-state index contributed by atoms with van der Waals surface area (Å²) in [7, 11) is 0. The molecular weight excluding hydrogens is 240 g/mol. The van der Waals surface area contributed by atoms with Gasteiger partial charge in [0.25, 0.3) is 0 Å². The van der Waals surface area contributed by atoms with E-state index in [2.05, 4.69) is 31.4 Å². The molecule has 0 spiro atoms. The molecule has 1 aliphatic rings. The zero-order chi connectivity index (χ0) is 13.9. The molecule has 1 amide bonds. The van der Waals surface area contributed by atoms with Gasteiger partial charge in [-0.25, -0.2) is 0 Å². The summed E-state index contributed by atoms with van der Waals surface area (Å²) in [5.74, 6) is 0.696. The van der Waals surface area contributed by atoms with Crippen LogP contribution in [0.25, 0.3) is 0 Å². The minimum Gasteiger partial charge on any atom is -0.492 e. The van der Waals surface area contributed by atoms with Gasteiger partial charge in [0, 0.05) is 24.2 Å². The SMILES string of the molecule is CC(C)(C)NCCNC(=O)[C@H]1COc2ccccc21. The van der Waals surface area contributed by atoms with Crippen LogP contribution in [0.2, 0.25) is 0 Å². The van der Waals surface area contributed by atoms with Crippen molar-refractivity contribution in [1.82, 2.24) is 10.6 Å². The van der Waals surface area contributed by atoms with Crippen molar-refractivity contribution < 1.29 is 9.53 Å². The molecule has 104 valence electrons. The first-order valence-electron chi connectivity index (χ1n) is 6.72. The highest BCUT2D eigenvalue weighted by Crippen LogP contribution is 2.33. The number of amides is 1. The summed E-state index contributed by atoms with van der Waals surface area (Å²) in [5, 5.41) is 6.30. The number of para-hydroxylation sites is 1. The van der Waals surface area contributed by atoms with Crippen molar-refractivity contribution in [3.05, 3.63) is 29.8 Å². The lowest BCUT2D eigenvalue weighted by molar-refractivity contribution is -0.122. The Kier molecular flexibility index (Phi) is 4.10. The molecule has 0 radical (unpaired) electrons. The summed E-state index contributed by atoms with van der Waals surface area (Å²) >= 11 is 0. The van der Waals surface area contributed by atoms with Crippen LogP contribution in [-0.2, 0) is 4.79 Å². The van der Waals surface area contributed by atoms with E-state index in [1.54, 1.807) is 0 Å². The third-order valence-corrected chi connectivity index (χ3v) is 3.10. The number of hydrogen-bond acceptors (Lipinski definition) is 3. The number of carbonyl (C=O) groups is 1. The Morgan fingerprint density at radius 2 is 2.05 bits per heavy atom. The summed E-state index contributed by atoms with van der Waals surface area (Å²) in [6.45, 7) is 8.17. The summed E-state index contributed by atoms with van der Waals surface area (Å²) in [6.07, 6.45) is 0. The molecule has 1 aromatic carbocycles. The van der Waals surface area contributed by atoms with Crippen molar-refractivity contribution in [1.29, 1.82) is 0 Å². The fourth-order valence-corrected chi connectivity index (χ4v) is 2.13. The molecule has 0 fully saturated rings. The quantitative estimate of drug-likeness (QED) is 0.812. The first kappa shape index (κ1) is 13.9. The van der Waals surface area contributed by atoms with Crippen LogP contribution < -0.4 is 15.4 Å². The monoisotopic (exact) mass is 262 g/mol. The molecule has 0 saturated carbocycles. The zero-order valence-corrected chi connectivity index (χ0v) is 11.8. The van der Waals surface area contributed by atoms with E-state index >= 15 is 0 Å². The average molecular weight is 262 g/mol. The number of fused-ring (bicyclic) bond motifs is 1. The lowest BCUT2D eigenvalue weighted by atomic mass is 10.0. The predicted octanol–water partition coefficient (Wildman–Crippen LogP) is 1.67. The van der Waals surface area contributed by atoms with Gasteiger partial charge in [0.15, 0.2) is 0 Å². The van der Waals surface area contributed by atoms with Gasteiger partial charge in [0.05, 0.1) is 0 Å². The highest BCUT2D eigenvalue weighted by molar-refractivity contribution is 5.85. The average Bonchev–Trinajstić information content (AvgIpc) is 2.77. The van der Waals surface area contributed by atoms with Crippen molar-refractivity contribution in [2.24, 2.45) is 0 Å². The second kappa shape index (κ2) is 5.61. The molecule has 1 aliphatic heterocycles. The number of carbonyl (C=O) groups excluding carboxylic acids is 1. The predicted molar refractivity (Wildman–Crippen MR) is 75.4 cm³/mol. The van der Waals surface area contributed by atoms with Crippen LogP contribution in [0.5, 0.6) is 5.75 Å². The van der Waals surface area contributed by atoms with Gasteiger partial charge in [0.2, 0.25) is 5.91 Å². The van der Waals surface area contributed by atoms with Gasteiger partial charge in [-0.2, -0.15) is 0 Å². The number of hydrogen-bond donors (Lipinski definition) is 2. The van der Waals surface area contributed by atoms with Crippen molar-refractivity contribution in [2.45, 2.75) is 32.2 Å². The smallest absolute Gasteiger partial charge is 0.231 e. The Balaban J connectivity index is 1.82. The maximum atomic E-state index is 12.1. The van der Waals surface area contributed by atoms with Gasteiger partial charge in [-0.1, -0.05) is 18.2 Å². The fraction of sp³-hybridized carbons (Fsp3) is 0.533. The van der Waals surface area contributed by atoms with Gasteiger partial charge in [0.1, 0.15) is 18.3 Å². The second-order valence-electron chi connectivity index (χ2n) is 5.87. The molecular formula is C15H22N2O2. The maximum Gasteiger partial charge on any atom is 0.231 e. The molecule has 1 heterocycles. The lowest BCUT2D eigenvalue weighted by Gasteiger charge is -2.20. The number of nitrogens with one attached hydrogen (secondary N) is 2. The highest BCUT2D eigenvalue weighted by atomic mass is 16.5. The first-order valence-corrected chi connectivity index (χ1v) is 6.72. The van der Waals surface area contributed by atoms with Crippen LogP contribution in [-0.4, -0.2) is 31.1 Å². The molecule has 19 heavy (non-hydrogen) atoms. The summed E-state index contributed by atoms with van der Waals surface area (Å²) in [5.41, 5.74) is 1.07. The van der Waals surface area contributed by atoms with E-state index in [0.29, 0.717) is 13.2 Å². The van der Waals surface area contributed by atoms with Crippen LogP contribution >= 0.6 is 0 Å². The van der Waals surface area contributed by atoms with Crippen LogP contribution in [0, 0.1) is 0 Å². The Labute approximate surface area is 114 Å². The maximum absolute atomic E-state index is 12.1. The van der Waals surface area contributed by atoms with Crippen LogP contribution in [0.15, 0.2) is 24.3 Å². The van der Waals surface area contributed by atoms with E-state index < -0.39 is 0 Å². The summed E-state index contributed by atoms with van der Waals surface area (Å²) in [4.78, 5) is 12.1. The van der Waals surface area contributed by atoms with E-state index in [9.17, 15) is 4.79 Å². The molecule has 4 heteroatoms. The summed E-state index contributed by atoms with van der Waals surface area (Å²) < 4.78 is 5.52. The van der Waals surface area contributed by atoms with Crippen LogP contribution in [0.1, 0.15) is 32.3 Å². The Morgan fingerprint density at radius 3 is 2.79 bits per heavy atom. The van der Waals surface area contributed by atoms with E-state index in [0.717, 1.165) is 17.9 Å². The molecule has 4 nitrogen and oxygen atoms in total. The van der Waals surface area contributed by atoms with E-state index in [1.807, 2.05) is 24.3 Å². The largest absolute Gasteiger partial charge is 0.492 e. The summed E-state index contributed by atoms with van der Waals surface area (Å²) in [6, 6.07) is 7.73. The molecule has 2 N–H and O–H groups in total. The molecule has 0 aromatic heterocycles. The highest BCUT2D eigenvalue weighted by Gasteiger charge is 2.29. The number of ether oxygens (including phenoxy) is 1. The third kappa shape index (κ3) is 3.70. The van der Waals surface area contributed by atoms with Gasteiger partial charge >= 0.3 is 0 Å². The van der Waals surface area contributed by atoms with Gasteiger partial charge in [-0.3, -0.25) is 4.79 Å². The Morgan fingerprint density at radius 1 is 1.32 bits per heavy atom. The van der Waals surface area contributed by atoms with Crippen molar-refractivity contribution in [2.75, 3.05) is 19.7 Å². The van der Waals surface area contributed by atoms with E-state index in [1.165, 1.54) is 0 Å². The second-order valence-corrected chi connectivity index (χ2v) is 5.87. The van der Waals surface area contributed by atoms with Gasteiger partial charge in [-0.15, -0.1) is 0 Å². The van der Waals surface area contributed by atoms with Gasteiger partial charge in [-0.05, 0) is 26.8 Å². The Hall–Kier alpha value is -1.55. The zero-order valence-electron chi connectivity index (χ0n) is 11.8. The number of benzene rings is 1. The van der Waals surface area contributed by atoms with Gasteiger partial charge < -0.3 is 15.4 Å². The molecule has 1 aromatic rings. The molecule has 0 saturated heterocycles. The minimum atomic E-state index is -0.175. The standard InChI is InChI=1S/C15H22N2O2/c1-15(2,3)17-9-8-16-14(18)12-10-19-13-7-5-4-6-11(12)13/h4-7,12,17H,8-10H2,1-3H3,(H,16,18)/t12-/m0/s1. The third-order valence-electron chi connectivity index (χ3n) is 3.10. The fourth-order valence-electron chi connectivity index (χ4n) is 2.13. The van der Waals surface area contributed by atoms with E-state index in [-0.39, 0.29) is 17.4 Å².